The van der Waals surface area contributed by atoms with Crippen molar-refractivity contribution in [2.45, 2.75) is 64.2 Å². The predicted molar refractivity (Wildman–Crippen MR) is 57.7 cm³/mol. The zero-order valence-electron chi connectivity index (χ0n) is 8.73. The van der Waals surface area contributed by atoms with Gasteiger partial charge < -0.3 is 0 Å². The summed E-state index contributed by atoms with van der Waals surface area (Å²) in [5, 5.41) is 0. The zero-order valence-corrected chi connectivity index (χ0v) is 8.73. The topological polar surface area (TPSA) is 0 Å². The summed E-state index contributed by atoms with van der Waals surface area (Å²) >= 11 is 0. The third kappa shape index (κ3) is 2.36. The Morgan fingerprint density at radius 2 is 1.08 bits per heavy atom. The molecule has 0 aromatic carbocycles. The van der Waals surface area contributed by atoms with Gasteiger partial charge in [-0.1, -0.05) is 50.7 Å². The molecule has 0 heterocycles. The smallest absolute Gasteiger partial charge is 0.0228 e. The average Bonchev–Trinajstić information content (AvgIpc) is 2.62. The second kappa shape index (κ2) is 4.30. The Kier molecular flexibility index (Phi) is 3.08. The summed E-state index contributed by atoms with van der Waals surface area (Å²) in [5.41, 5.74) is 0.727. The second-order valence-corrected chi connectivity index (χ2v) is 5.00. The van der Waals surface area contributed by atoms with Gasteiger partial charge in [0.25, 0.3) is 0 Å². The number of hydrogen-bond acceptors (Lipinski definition) is 0. The van der Waals surface area contributed by atoms with Gasteiger partial charge in [-0.3, -0.25) is 0 Å². The maximum Gasteiger partial charge on any atom is -0.0228 e. The van der Waals surface area contributed by atoms with E-state index in [0.29, 0.717) is 0 Å². The molecule has 0 radical (unpaired) electrons. The fourth-order valence-electron chi connectivity index (χ4n) is 2.99. The van der Waals surface area contributed by atoms with Gasteiger partial charge in [-0.05, 0) is 31.1 Å². The molecule has 0 unspecified atom stereocenters. The van der Waals surface area contributed by atoms with Crippen LogP contribution in [0, 0.1) is 5.41 Å². The summed E-state index contributed by atoms with van der Waals surface area (Å²) in [6, 6.07) is 0. The normalized spacial score (nSPS) is 28.3. The van der Waals surface area contributed by atoms with E-state index in [1.165, 1.54) is 64.2 Å². The Balaban J connectivity index is 1.91. The maximum absolute atomic E-state index is 2.41. The van der Waals surface area contributed by atoms with Crippen molar-refractivity contribution in [3.63, 3.8) is 0 Å². The summed E-state index contributed by atoms with van der Waals surface area (Å²) in [5.74, 6) is 0. The monoisotopic (exact) mass is 178 g/mol. The molecule has 1 saturated carbocycles. The Bertz CT molecular complexity index is 158. The first kappa shape index (κ1) is 9.30. The molecule has 2 aliphatic rings. The molecule has 0 bridgehead atoms. The van der Waals surface area contributed by atoms with Crippen LogP contribution in [-0.2, 0) is 0 Å². The molecule has 1 fully saturated rings. The molecule has 1 spiro atoms. The standard InChI is InChI=1S/C13H22/c1-2-4-6-10-13(9-5-3-1)11-7-8-12-13/h7-8H,1-6,9-12H2. The van der Waals surface area contributed by atoms with Gasteiger partial charge in [0.2, 0.25) is 0 Å². The lowest BCUT2D eigenvalue weighted by atomic mass is 9.77. The minimum absolute atomic E-state index is 0.727. The van der Waals surface area contributed by atoms with Gasteiger partial charge in [-0.25, -0.2) is 0 Å². The van der Waals surface area contributed by atoms with Gasteiger partial charge in [-0.15, -0.1) is 0 Å². The molecule has 0 saturated heterocycles. The van der Waals surface area contributed by atoms with Gasteiger partial charge >= 0.3 is 0 Å². The number of allylic oxidation sites excluding steroid dienone is 2. The van der Waals surface area contributed by atoms with Gasteiger partial charge in [-0.2, -0.15) is 0 Å². The Morgan fingerprint density at radius 3 is 1.62 bits per heavy atom. The van der Waals surface area contributed by atoms with Gasteiger partial charge in [0.05, 0.1) is 0 Å². The maximum atomic E-state index is 2.41. The molecule has 2 rings (SSSR count). The van der Waals surface area contributed by atoms with Crippen LogP contribution in [0.1, 0.15) is 64.2 Å². The molecule has 0 nitrogen and oxygen atoms in total. The highest BCUT2D eigenvalue weighted by atomic mass is 14.3. The molecule has 0 amide bonds. The molecule has 0 atom stereocenters. The van der Waals surface area contributed by atoms with Crippen molar-refractivity contribution in [2.24, 2.45) is 5.41 Å². The first-order valence-electron chi connectivity index (χ1n) is 6.06. The van der Waals surface area contributed by atoms with E-state index in [1.54, 1.807) is 0 Å². The van der Waals surface area contributed by atoms with E-state index in [0.717, 1.165) is 5.41 Å². The number of hydrogen-bond donors (Lipinski definition) is 0. The highest BCUT2D eigenvalue weighted by Crippen LogP contribution is 2.43. The van der Waals surface area contributed by atoms with Crippen LogP contribution in [0.3, 0.4) is 0 Å². The van der Waals surface area contributed by atoms with Crippen molar-refractivity contribution in [1.82, 2.24) is 0 Å². The van der Waals surface area contributed by atoms with Crippen LogP contribution in [0.2, 0.25) is 0 Å². The summed E-state index contributed by atoms with van der Waals surface area (Å²) in [6.45, 7) is 0. The van der Waals surface area contributed by atoms with E-state index >= 15 is 0 Å². The SMILES string of the molecule is C1=CCC2(C1)CCCCCCCC2. The van der Waals surface area contributed by atoms with Gasteiger partial charge in [0.1, 0.15) is 0 Å². The van der Waals surface area contributed by atoms with E-state index in [4.69, 9.17) is 0 Å². The Morgan fingerprint density at radius 1 is 0.615 bits per heavy atom. The van der Waals surface area contributed by atoms with Crippen molar-refractivity contribution >= 4 is 0 Å². The Hall–Kier alpha value is -0.260. The average molecular weight is 178 g/mol. The van der Waals surface area contributed by atoms with Gasteiger partial charge in [0.15, 0.2) is 0 Å². The predicted octanol–water partition coefficient (Wildman–Crippen LogP) is 4.46. The van der Waals surface area contributed by atoms with E-state index < -0.39 is 0 Å². The molecule has 0 aliphatic heterocycles. The molecule has 2 aliphatic carbocycles. The molecule has 0 N–H and O–H groups in total. The minimum atomic E-state index is 0.727. The van der Waals surface area contributed by atoms with E-state index in [9.17, 15) is 0 Å². The van der Waals surface area contributed by atoms with Crippen molar-refractivity contribution in [3.8, 4) is 0 Å². The lowest BCUT2D eigenvalue weighted by Gasteiger charge is -2.28. The summed E-state index contributed by atoms with van der Waals surface area (Å²) < 4.78 is 0. The lowest BCUT2D eigenvalue weighted by Crippen LogP contribution is -2.16. The summed E-state index contributed by atoms with van der Waals surface area (Å²) in [7, 11) is 0. The van der Waals surface area contributed by atoms with E-state index in [1.807, 2.05) is 0 Å². The van der Waals surface area contributed by atoms with Crippen LogP contribution < -0.4 is 0 Å². The molecule has 74 valence electrons. The van der Waals surface area contributed by atoms with Crippen LogP contribution in [0.5, 0.6) is 0 Å². The van der Waals surface area contributed by atoms with Crippen LogP contribution in [0.15, 0.2) is 12.2 Å². The van der Waals surface area contributed by atoms with Crippen LogP contribution >= 0.6 is 0 Å². The first-order valence-corrected chi connectivity index (χ1v) is 6.06. The molecule has 0 aromatic heterocycles. The molecule has 0 aromatic rings. The first-order chi connectivity index (χ1) is 6.41. The van der Waals surface area contributed by atoms with Crippen molar-refractivity contribution in [1.29, 1.82) is 0 Å². The van der Waals surface area contributed by atoms with E-state index in [2.05, 4.69) is 12.2 Å². The Labute approximate surface area is 82.4 Å². The van der Waals surface area contributed by atoms with Gasteiger partial charge in [0, 0.05) is 0 Å². The third-order valence-corrected chi connectivity index (χ3v) is 3.93. The molecule has 13 heavy (non-hydrogen) atoms. The molecular formula is C13H22. The third-order valence-electron chi connectivity index (χ3n) is 3.93. The van der Waals surface area contributed by atoms with Crippen molar-refractivity contribution in [2.75, 3.05) is 0 Å². The van der Waals surface area contributed by atoms with Crippen LogP contribution in [-0.4, -0.2) is 0 Å². The quantitative estimate of drug-likeness (QED) is 0.480. The largest absolute Gasteiger partial charge is 0.0880 e. The fraction of sp³-hybridized carbons (Fsp3) is 0.846. The summed E-state index contributed by atoms with van der Waals surface area (Å²) in [6.07, 6.45) is 19.5. The number of rotatable bonds is 0. The van der Waals surface area contributed by atoms with Crippen molar-refractivity contribution < 1.29 is 0 Å². The summed E-state index contributed by atoms with van der Waals surface area (Å²) in [4.78, 5) is 0. The highest BCUT2D eigenvalue weighted by molar-refractivity contribution is 5.02. The van der Waals surface area contributed by atoms with E-state index in [-0.39, 0.29) is 0 Å². The fourth-order valence-corrected chi connectivity index (χ4v) is 2.99. The van der Waals surface area contributed by atoms with Crippen LogP contribution in [0.4, 0.5) is 0 Å². The lowest BCUT2D eigenvalue weighted by molar-refractivity contribution is 0.248. The van der Waals surface area contributed by atoms with Crippen molar-refractivity contribution in [3.05, 3.63) is 12.2 Å². The zero-order chi connectivity index (χ0) is 8.99. The molecular weight excluding hydrogens is 156 g/mol. The highest BCUT2D eigenvalue weighted by Gasteiger charge is 2.29. The van der Waals surface area contributed by atoms with Crippen LogP contribution in [0.25, 0.3) is 0 Å². The second-order valence-electron chi connectivity index (χ2n) is 5.00. The molecule has 0 heteroatoms. The minimum Gasteiger partial charge on any atom is -0.0880 e.